The van der Waals surface area contributed by atoms with E-state index < -0.39 is 59.9 Å². The number of carbonyl (C=O) groups is 6. The maximum Gasteiger partial charge on any atom is 0.327 e. The number of carbonyl (C=O) groups excluding carboxylic acids is 2. The van der Waals surface area contributed by atoms with Crippen LogP contribution < -0.4 is 22.1 Å². The van der Waals surface area contributed by atoms with Crippen molar-refractivity contribution in [3.63, 3.8) is 0 Å². The van der Waals surface area contributed by atoms with Gasteiger partial charge in [0, 0.05) is 36.9 Å². The average Bonchev–Trinajstić information content (AvgIpc) is 2.71. The van der Waals surface area contributed by atoms with Crippen molar-refractivity contribution in [2.24, 2.45) is 11.5 Å². The maximum absolute atomic E-state index is 10.7. The summed E-state index contributed by atoms with van der Waals surface area (Å²) >= 11 is 0. The Labute approximate surface area is 210 Å². The van der Waals surface area contributed by atoms with E-state index in [-0.39, 0.29) is 23.0 Å². The number of rotatable bonds is 16. The fourth-order valence-electron chi connectivity index (χ4n) is 1.46. The Morgan fingerprint density at radius 2 is 0.853 bits per heavy atom. The largest absolute Gasteiger partial charge is 0.480 e. The summed E-state index contributed by atoms with van der Waals surface area (Å²) in [5, 5.41) is 39.1. The molecule has 2 amide bonds. The van der Waals surface area contributed by atoms with Crippen LogP contribution in [0.4, 0.5) is 0 Å². The van der Waals surface area contributed by atoms with Gasteiger partial charge in [-0.3, -0.25) is 19.2 Å². The zero-order valence-corrected chi connectivity index (χ0v) is 21.4. The monoisotopic (exact) mass is 564 g/mol. The lowest BCUT2D eigenvalue weighted by atomic mass is 10.3. The predicted octanol–water partition coefficient (Wildman–Crippen LogP) is -1.26. The van der Waals surface area contributed by atoms with Crippen LogP contribution in [0.25, 0.3) is 0 Å². The second kappa shape index (κ2) is 19.4. The molecule has 0 aromatic carbocycles. The number of hydrogen-bond acceptors (Lipinski definition) is 12. The van der Waals surface area contributed by atoms with E-state index in [1.54, 1.807) is 0 Å². The molecule has 34 heavy (non-hydrogen) atoms. The summed E-state index contributed by atoms with van der Waals surface area (Å²) < 4.78 is 0. The van der Waals surface area contributed by atoms with Gasteiger partial charge in [0.25, 0.3) is 0 Å². The lowest BCUT2D eigenvalue weighted by molar-refractivity contribution is -0.141. The molecule has 196 valence electrons. The van der Waals surface area contributed by atoms with E-state index in [0.29, 0.717) is 0 Å². The number of nitrogens with one attached hydrogen (secondary N) is 2. The molecule has 0 aromatic heterocycles. The minimum absolute atomic E-state index is 0.145. The van der Waals surface area contributed by atoms with E-state index in [1.165, 1.54) is 13.8 Å². The number of carboxylic acids is 4. The molecule has 0 radical (unpaired) electrons. The van der Waals surface area contributed by atoms with Gasteiger partial charge < -0.3 is 42.5 Å². The third-order valence-corrected chi connectivity index (χ3v) is 8.01. The van der Waals surface area contributed by atoms with Crippen LogP contribution in [0.5, 0.6) is 0 Å². The van der Waals surface area contributed by atoms with E-state index >= 15 is 0 Å². The predicted molar refractivity (Wildman–Crippen MR) is 132 cm³/mol. The standard InChI is InChI=1S/2C8H14N2O5S2/c2*1-4(11)10-6(8(14)15)3-17-16-2-5(9)7(12)13/h2*5-6H,2-3,9H2,1H3,(H,10,11)(H,12,13)(H,14,15)/t2*5-,6-/m00/s1. The summed E-state index contributed by atoms with van der Waals surface area (Å²) in [4.78, 5) is 63.6. The number of carboxylic acid groups (broad SMARTS) is 4. The topological polar surface area (TPSA) is 259 Å². The van der Waals surface area contributed by atoms with Crippen LogP contribution in [0.2, 0.25) is 0 Å². The molecular formula is C16H28N4O10S4. The summed E-state index contributed by atoms with van der Waals surface area (Å²) in [6, 6.07) is -3.91. The van der Waals surface area contributed by atoms with Crippen molar-refractivity contribution in [1.29, 1.82) is 0 Å². The Kier molecular flexibility index (Phi) is 19.6. The second-order valence-electron chi connectivity index (χ2n) is 6.21. The third kappa shape index (κ3) is 19.6. The lowest BCUT2D eigenvalue weighted by Crippen LogP contribution is -2.41. The maximum atomic E-state index is 10.7. The fraction of sp³-hybridized carbons (Fsp3) is 0.625. The average molecular weight is 565 g/mol. The van der Waals surface area contributed by atoms with Gasteiger partial charge in [0.15, 0.2) is 0 Å². The highest BCUT2D eigenvalue weighted by molar-refractivity contribution is 8.77. The summed E-state index contributed by atoms with van der Waals surface area (Å²) in [5.41, 5.74) is 10.5. The molecule has 0 fully saturated rings. The smallest absolute Gasteiger partial charge is 0.327 e. The van der Waals surface area contributed by atoms with Crippen LogP contribution in [0.15, 0.2) is 0 Å². The second-order valence-corrected chi connectivity index (χ2v) is 11.3. The van der Waals surface area contributed by atoms with Crippen LogP contribution in [0.1, 0.15) is 13.8 Å². The van der Waals surface area contributed by atoms with Gasteiger partial charge in [-0.15, -0.1) is 0 Å². The van der Waals surface area contributed by atoms with Crippen molar-refractivity contribution >= 4 is 78.9 Å². The first kappa shape index (κ1) is 34.3. The fourth-order valence-corrected chi connectivity index (χ4v) is 6.00. The number of amides is 2. The van der Waals surface area contributed by atoms with E-state index in [4.69, 9.17) is 31.9 Å². The molecule has 0 bridgehead atoms. The molecule has 14 nitrogen and oxygen atoms in total. The Morgan fingerprint density at radius 3 is 1.06 bits per heavy atom. The Hall–Kier alpha value is -1.86. The molecule has 0 saturated heterocycles. The molecule has 0 saturated carbocycles. The lowest BCUT2D eigenvalue weighted by Gasteiger charge is -2.12. The van der Waals surface area contributed by atoms with Crippen molar-refractivity contribution < 1.29 is 49.2 Å². The highest BCUT2D eigenvalue weighted by atomic mass is 33.1. The van der Waals surface area contributed by atoms with Crippen molar-refractivity contribution in [3.8, 4) is 0 Å². The molecular weight excluding hydrogens is 536 g/mol. The summed E-state index contributed by atoms with van der Waals surface area (Å²) in [5.74, 6) is -4.68. The third-order valence-electron chi connectivity index (χ3n) is 3.12. The molecule has 18 heteroatoms. The highest BCUT2D eigenvalue weighted by Crippen LogP contribution is 2.23. The summed E-state index contributed by atoms with van der Waals surface area (Å²) in [7, 11) is 4.63. The van der Waals surface area contributed by atoms with E-state index in [1.807, 2.05) is 0 Å². The van der Waals surface area contributed by atoms with Crippen LogP contribution in [0, 0.1) is 0 Å². The van der Waals surface area contributed by atoms with Crippen molar-refractivity contribution in [2.75, 3.05) is 23.0 Å². The van der Waals surface area contributed by atoms with Crippen LogP contribution >= 0.6 is 43.2 Å². The van der Waals surface area contributed by atoms with Crippen LogP contribution in [-0.4, -0.2) is 103 Å². The Morgan fingerprint density at radius 1 is 0.588 bits per heavy atom. The number of aliphatic carboxylic acids is 4. The van der Waals surface area contributed by atoms with Gasteiger partial charge in [0.1, 0.15) is 24.2 Å². The van der Waals surface area contributed by atoms with Gasteiger partial charge in [-0.25, -0.2) is 9.59 Å². The quantitative estimate of drug-likeness (QED) is 0.0803. The molecule has 4 atom stereocenters. The Bertz CT molecular complexity index is 657. The van der Waals surface area contributed by atoms with Crippen molar-refractivity contribution in [2.45, 2.75) is 38.0 Å². The normalized spacial score (nSPS) is 13.8. The molecule has 0 rings (SSSR count). The highest BCUT2D eigenvalue weighted by Gasteiger charge is 2.20. The zero-order chi connectivity index (χ0) is 26.8. The van der Waals surface area contributed by atoms with Gasteiger partial charge in [0.2, 0.25) is 11.8 Å². The first-order chi connectivity index (χ1) is 15.7. The Balaban J connectivity index is 0. The molecule has 0 aromatic rings. The van der Waals surface area contributed by atoms with Gasteiger partial charge in [-0.05, 0) is 0 Å². The minimum Gasteiger partial charge on any atom is -0.480 e. The first-order valence-corrected chi connectivity index (χ1v) is 14.1. The number of nitrogens with two attached hydrogens (primary N) is 2. The van der Waals surface area contributed by atoms with Crippen molar-refractivity contribution in [3.05, 3.63) is 0 Å². The SMILES string of the molecule is CC(=O)N[C@@H](CSSC[C@H](N)C(=O)O)C(=O)O.CC(=O)N[C@@H](CSSC[C@H](N)C(=O)O)C(=O)O. The van der Waals surface area contributed by atoms with Gasteiger partial charge in [0.05, 0.1) is 0 Å². The van der Waals surface area contributed by atoms with E-state index in [2.05, 4.69) is 10.6 Å². The van der Waals surface area contributed by atoms with Gasteiger partial charge in [-0.1, -0.05) is 43.2 Å². The van der Waals surface area contributed by atoms with Crippen LogP contribution in [0.3, 0.4) is 0 Å². The van der Waals surface area contributed by atoms with E-state index in [9.17, 15) is 28.8 Å². The molecule has 10 N–H and O–H groups in total. The number of hydrogen-bond donors (Lipinski definition) is 8. The summed E-state index contributed by atoms with van der Waals surface area (Å²) in [6.45, 7) is 2.46. The molecule has 0 unspecified atom stereocenters. The first-order valence-electron chi connectivity index (χ1n) is 9.14. The molecule has 0 aliphatic carbocycles. The molecule has 0 spiro atoms. The molecule has 0 heterocycles. The van der Waals surface area contributed by atoms with Gasteiger partial charge in [-0.2, -0.15) is 0 Å². The molecule has 0 aliphatic heterocycles. The zero-order valence-electron chi connectivity index (χ0n) is 18.2. The summed E-state index contributed by atoms with van der Waals surface area (Å²) in [6.07, 6.45) is 0. The minimum atomic E-state index is -1.13. The molecule has 0 aliphatic rings. The van der Waals surface area contributed by atoms with Crippen LogP contribution in [-0.2, 0) is 28.8 Å². The van der Waals surface area contributed by atoms with Crippen molar-refractivity contribution in [1.82, 2.24) is 10.6 Å². The van der Waals surface area contributed by atoms with Gasteiger partial charge >= 0.3 is 23.9 Å². The van der Waals surface area contributed by atoms with E-state index in [0.717, 1.165) is 43.2 Å².